The molecule has 2 aromatic carbocycles. The molecule has 0 aliphatic carbocycles. The first kappa shape index (κ1) is 22.7. The monoisotopic (exact) mass is 429 g/mol. The number of carbonyl (C=O) groups is 2. The summed E-state index contributed by atoms with van der Waals surface area (Å²) in [6, 6.07) is 12.1. The maximum Gasteiger partial charge on any atom is 0.319 e. The number of aliphatic hydroxyl groups is 1. The van der Waals surface area contributed by atoms with Crippen LogP contribution in [0.1, 0.15) is 38.0 Å². The lowest BCUT2D eigenvalue weighted by atomic mass is 9.98. The molecule has 1 fully saturated rings. The number of nitrogens with zero attached hydrogens (tertiary/aromatic N) is 1. The van der Waals surface area contributed by atoms with Gasteiger partial charge in [0.25, 0.3) is 0 Å². The average molecular weight is 429 g/mol. The van der Waals surface area contributed by atoms with Gasteiger partial charge in [-0.2, -0.15) is 0 Å². The number of rotatable bonds is 5. The van der Waals surface area contributed by atoms with Crippen LogP contribution in [0.4, 0.5) is 14.9 Å². The van der Waals surface area contributed by atoms with Gasteiger partial charge in [-0.15, -0.1) is 0 Å². The number of nitrogens with one attached hydrogen (secondary N) is 2. The topological polar surface area (TPSA) is 90.9 Å². The van der Waals surface area contributed by atoms with E-state index in [1.807, 2.05) is 20.8 Å². The fourth-order valence-electron chi connectivity index (χ4n) is 3.47. The molecule has 1 saturated heterocycles. The summed E-state index contributed by atoms with van der Waals surface area (Å²) in [5.74, 6) is -0.588. The lowest BCUT2D eigenvalue weighted by Crippen LogP contribution is -2.52. The Balaban J connectivity index is 1.72. The van der Waals surface area contributed by atoms with Crippen molar-refractivity contribution in [3.05, 3.63) is 65.5 Å². The molecule has 1 aliphatic heterocycles. The van der Waals surface area contributed by atoms with Crippen molar-refractivity contribution in [1.29, 1.82) is 0 Å². The van der Waals surface area contributed by atoms with E-state index in [0.29, 0.717) is 5.69 Å². The minimum absolute atomic E-state index is 0.115. The summed E-state index contributed by atoms with van der Waals surface area (Å²) >= 11 is 0. The molecule has 3 rings (SSSR count). The van der Waals surface area contributed by atoms with Crippen LogP contribution in [0.15, 0.2) is 48.5 Å². The van der Waals surface area contributed by atoms with Crippen molar-refractivity contribution in [2.75, 3.05) is 18.5 Å². The van der Waals surface area contributed by atoms with Gasteiger partial charge in [-0.05, 0) is 56.2 Å². The van der Waals surface area contributed by atoms with E-state index in [-0.39, 0.29) is 43.1 Å². The molecule has 0 bridgehead atoms. The molecule has 8 heteroatoms. The summed E-state index contributed by atoms with van der Waals surface area (Å²) in [5.41, 5.74) is 1.80. The van der Waals surface area contributed by atoms with E-state index in [9.17, 15) is 19.1 Å². The van der Waals surface area contributed by atoms with Crippen LogP contribution in [-0.2, 0) is 16.1 Å². The molecule has 0 spiro atoms. The number of carbonyl (C=O) groups excluding carboxylic acids is 2. The molecule has 166 valence electrons. The Bertz CT molecular complexity index is 910. The standard InChI is InChI=1S/C23H28FN3O4/c1-23(2,3)26-22(30)25-18-10-6-16(7-11-18)21-19(13-28)27(20(29)14-31-21)12-15-4-8-17(24)9-5-15/h4-11,19,21,28H,12-14H2,1-3H3,(H2,25,26,30). The predicted octanol–water partition coefficient (Wildman–Crippen LogP) is 3.21. The first-order valence-corrected chi connectivity index (χ1v) is 10.1. The molecule has 2 unspecified atom stereocenters. The molecule has 1 heterocycles. The first-order valence-electron chi connectivity index (χ1n) is 10.1. The highest BCUT2D eigenvalue weighted by molar-refractivity contribution is 5.89. The fraction of sp³-hybridized carbons (Fsp3) is 0.391. The normalized spacial score (nSPS) is 19.3. The Morgan fingerprint density at radius 2 is 1.81 bits per heavy atom. The van der Waals surface area contributed by atoms with E-state index >= 15 is 0 Å². The second-order valence-electron chi connectivity index (χ2n) is 8.58. The van der Waals surface area contributed by atoms with Crippen LogP contribution in [0, 0.1) is 5.82 Å². The molecular weight excluding hydrogens is 401 g/mol. The lowest BCUT2D eigenvalue weighted by molar-refractivity contribution is -0.162. The van der Waals surface area contributed by atoms with Gasteiger partial charge in [0.1, 0.15) is 18.5 Å². The Morgan fingerprint density at radius 1 is 1.16 bits per heavy atom. The maximum absolute atomic E-state index is 13.2. The van der Waals surface area contributed by atoms with Crippen molar-refractivity contribution in [3.63, 3.8) is 0 Å². The van der Waals surface area contributed by atoms with Crippen LogP contribution >= 0.6 is 0 Å². The number of hydrogen-bond donors (Lipinski definition) is 3. The SMILES string of the molecule is CC(C)(C)NC(=O)Nc1ccc(C2OCC(=O)N(Cc3ccc(F)cc3)C2CO)cc1. The molecule has 2 aromatic rings. The van der Waals surface area contributed by atoms with Crippen molar-refractivity contribution in [1.82, 2.24) is 10.2 Å². The van der Waals surface area contributed by atoms with Crippen molar-refractivity contribution >= 4 is 17.6 Å². The molecule has 0 aromatic heterocycles. The Labute approximate surface area is 181 Å². The number of morpholine rings is 1. The summed E-state index contributed by atoms with van der Waals surface area (Å²) < 4.78 is 18.9. The third-order valence-corrected chi connectivity index (χ3v) is 4.90. The van der Waals surface area contributed by atoms with Crippen LogP contribution in [0.3, 0.4) is 0 Å². The van der Waals surface area contributed by atoms with Gasteiger partial charge in [0.15, 0.2) is 0 Å². The average Bonchev–Trinajstić information content (AvgIpc) is 2.70. The van der Waals surface area contributed by atoms with Crippen molar-refractivity contribution in [2.45, 2.75) is 45.0 Å². The zero-order valence-corrected chi connectivity index (χ0v) is 17.9. The lowest BCUT2D eigenvalue weighted by Gasteiger charge is -2.40. The van der Waals surface area contributed by atoms with Crippen LogP contribution < -0.4 is 10.6 Å². The highest BCUT2D eigenvalue weighted by Crippen LogP contribution is 2.31. The van der Waals surface area contributed by atoms with Crippen molar-refractivity contribution in [2.24, 2.45) is 0 Å². The number of halogens is 1. The largest absolute Gasteiger partial charge is 0.394 e. The third-order valence-electron chi connectivity index (χ3n) is 4.90. The van der Waals surface area contributed by atoms with Gasteiger partial charge in [0.05, 0.1) is 12.6 Å². The Hall–Kier alpha value is -2.97. The van der Waals surface area contributed by atoms with Gasteiger partial charge < -0.3 is 25.4 Å². The predicted molar refractivity (Wildman–Crippen MR) is 115 cm³/mol. The van der Waals surface area contributed by atoms with Gasteiger partial charge in [-0.3, -0.25) is 4.79 Å². The number of hydrogen-bond acceptors (Lipinski definition) is 4. The first-order chi connectivity index (χ1) is 14.7. The molecule has 0 radical (unpaired) electrons. The molecule has 3 N–H and O–H groups in total. The van der Waals surface area contributed by atoms with Gasteiger partial charge in [-0.25, -0.2) is 9.18 Å². The smallest absolute Gasteiger partial charge is 0.319 e. The maximum atomic E-state index is 13.2. The van der Waals surface area contributed by atoms with E-state index in [0.717, 1.165) is 11.1 Å². The number of aliphatic hydroxyl groups excluding tert-OH is 1. The van der Waals surface area contributed by atoms with Gasteiger partial charge >= 0.3 is 6.03 Å². The van der Waals surface area contributed by atoms with Crippen LogP contribution in [0.2, 0.25) is 0 Å². The second kappa shape index (κ2) is 9.45. The van der Waals surface area contributed by atoms with E-state index in [1.54, 1.807) is 41.3 Å². The number of ether oxygens (including phenoxy) is 1. The summed E-state index contributed by atoms with van der Waals surface area (Å²) in [4.78, 5) is 26.1. The highest BCUT2D eigenvalue weighted by atomic mass is 19.1. The molecule has 1 aliphatic rings. The van der Waals surface area contributed by atoms with Crippen LogP contribution in [0.25, 0.3) is 0 Å². The van der Waals surface area contributed by atoms with E-state index in [1.165, 1.54) is 12.1 Å². The molecule has 31 heavy (non-hydrogen) atoms. The summed E-state index contributed by atoms with van der Waals surface area (Å²) in [6.07, 6.45) is -0.527. The molecule has 3 amide bonds. The minimum atomic E-state index is -0.589. The van der Waals surface area contributed by atoms with E-state index in [4.69, 9.17) is 4.74 Å². The van der Waals surface area contributed by atoms with Gasteiger partial charge in [0.2, 0.25) is 5.91 Å². The summed E-state index contributed by atoms with van der Waals surface area (Å²) in [7, 11) is 0. The van der Waals surface area contributed by atoms with Gasteiger partial charge in [-0.1, -0.05) is 24.3 Å². The Morgan fingerprint density at radius 3 is 2.39 bits per heavy atom. The Kier molecular flexibility index (Phi) is 6.92. The number of benzene rings is 2. The van der Waals surface area contributed by atoms with E-state index < -0.39 is 12.1 Å². The van der Waals surface area contributed by atoms with Crippen LogP contribution in [0.5, 0.6) is 0 Å². The molecule has 2 atom stereocenters. The zero-order chi connectivity index (χ0) is 22.6. The summed E-state index contributed by atoms with van der Waals surface area (Å²) in [6.45, 7) is 5.52. The highest BCUT2D eigenvalue weighted by Gasteiger charge is 2.37. The quantitative estimate of drug-likeness (QED) is 0.681. The summed E-state index contributed by atoms with van der Waals surface area (Å²) in [5, 5.41) is 15.6. The third kappa shape index (κ3) is 6.02. The zero-order valence-electron chi connectivity index (χ0n) is 17.9. The van der Waals surface area contributed by atoms with Crippen molar-refractivity contribution in [3.8, 4) is 0 Å². The minimum Gasteiger partial charge on any atom is -0.394 e. The fourth-order valence-corrected chi connectivity index (χ4v) is 3.47. The molecule has 0 saturated carbocycles. The van der Waals surface area contributed by atoms with E-state index in [2.05, 4.69) is 10.6 Å². The number of amides is 3. The number of urea groups is 1. The van der Waals surface area contributed by atoms with Crippen molar-refractivity contribution < 1.29 is 23.8 Å². The second-order valence-corrected chi connectivity index (χ2v) is 8.58. The van der Waals surface area contributed by atoms with Gasteiger partial charge in [0, 0.05) is 17.8 Å². The van der Waals surface area contributed by atoms with Crippen LogP contribution in [-0.4, -0.2) is 46.7 Å². The molecular formula is C23H28FN3O4. The number of anilines is 1. The molecule has 7 nitrogen and oxygen atoms in total.